The monoisotopic (exact) mass is 259 g/mol. The molecule has 0 atom stereocenters. The maximum atomic E-state index is 5.76. The second-order valence-corrected chi connectivity index (χ2v) is 3.63. The van der Waals surface area contributed by atoms with Gasteiger partial charge in [-0.05, 0) is 18.5 Å². The van der Waals surface area contributed by atoms with E-state index in [4.69, 9.17) is 27.6 Å². The van der Waals surface area contributed by atoms with Crippen molar-refractivity contribution in [2.45, 2.75) is 13.5 Å². The summed E-state index contributed by atoms with van der Waals surface area (Å²) in [4.78, 5) is 7.89. The summed E-state index contributed by atoms with van der Waals surface area (Å²) >= 11 is 11.3. The molecule has 0 amide bonds. The normalized spacial score (nSPS) is 10.4. The summed E-state index contributed by atoms with van der Waals surface area (Å²) in [5, 5.41) is 10.2. The van der Waals surface area contributed by atoms with Gasteiger partial charge in [-0.25, -0.2) is 4.98 Å². The fourth-order valence-electron chi connectivity index (χ4n) is 1.05. The van der Waals surface area contributed by atoms with Crippen molar-refractivity contribution in [3.05, 3.63) is 28.3 Å². The first-order chi connectivity index (χ1) is 7.65. The fourth-order valence-corrected chi connectivity index (χ4v) is 1.32. The molecule has 2 aromatic heterocycles. The molecule has 0 aromatic carbocycles. The van der Waals surface area contributed by atoms with Gasteiger partial charge in [-0.1, -0.05) is 11.6 Å². The van der Waals surface area contributed by atoms with Crippen molar-refractivity contribution in [1.29, 1.82) is 0 Å². The third-order valence-electron chi connectivity index (χ3n) is 1.70. The summed E-state index contributed by atoms with van der Waals surface area (Å²) in [5.74, 6) is 1.61. The van der Waals surface area contributed by atoms with E-state index in [1.54, 1.807) is 6.20 Å². The molecule has 16 heavy (non-hydrogen) atoms. The lowest BCUT2D eigenvalue weighted by Crippen LogP contribution is -2.04. The number of hydrogen-bond acceptors (Lipinski definition) is 6. The predicted octanol–water partition coefficient (Wildman–Crippen LogP) is 2.09. The lowest BCUT2D eigenvalue weighted by atomic mass is 10.6. The van der Waals surface area contributed by atoms with Crippen LogP contribution in [0.1, 0.15) is 11.7 Å². The van der Waals surface area contributed by atoms with Gasteiger partial charge in [0.1, 0.15) is 5.76 Å². The van der Waals surface area contributed by atoms with E-state index < -0.39 is 0 Å². The van der Waals surface area contributed by atoms with Crippen LogP contribution in [0.5, 0.6) is 0 Å². The van der Waals surface area contributed by atoms with Crippen LogP contribution < -0.4 is 5.32 Å². The number of hydrogen-bond donors (Lipinski definition) is 1. The number of oxazole rings is 1. The molecule has 0 spiro atoms. The standard InChI is InChI=1S/C8H7Cl2N5O/c1-4-2-11-5(16-4)3-12-7-6(9)14-15-8(10)13-7/h2H,3H2,1H3,(H,12,13,15). The smallest absolute Gasteiger partial charge is 0.245 e. The molecule has 2 rings (SSSR count). The zero-order chi connectivity index (χ0) is 11.5. The Morgan fingerprint density at radius 1 is 1.38 bits per heavy atom. The van der Waals surface area contributed by atoms with E-state index in [9.17, 15) is 0 Å². The summed E-state index contributed by atoms with van der Waals surface area (Å²) < 4.78 is 5.26. The second-order valence-electron chi connectivity index (χ2n) is 2.94. The van der Waals surface area contributed by atoms with Gasteiger partial charge >= 0.3 is 0 Å². The van der Waals surface area contributed by atoms with Crippen LogP contribution in [0.15, 0.2) is 10.6 Å². The summed E-state index contributed by atoms with van der Waals surface area (Å²) in [6.07, 6.45) is 1.63. The molecule has 0 saturated heterocycles. The van der Waals surface area contributed by atoms with Crippen LogP contribution in [-0.2, 0) is 6.54 Å². The molecule has 2 aromatic rings. The van der Waals surface area contributed by atoms with Crippen molar-refractivity contribution >= 4 is 29.0 Å². The molecule has 1 N–H and O–H groups in total. The van der Waals surface area contributed by atoms with E-state index in [2.05, 4.69) is 25.5 Å². The van der Waals surface area contributed by atoms with Crippen LogP contribution in [0.3, 0.4) is 0 Å². The van der Waals surface area contributed by atoms with E-state index in [-0.39, 0.29) is 10.4 Å². The molecule has 0 aliphatic carbocycles. The van der Waals surface area contributed by atoms with Gasteiger partial charge in [-0.3, -0.25) is 0 Å². The van der Waals surface area contributed by atoms with E-state index in [1.807, 2.05) is 6.92 Å². The summed E-state index contributed by atoms with van der Waals surface area (Å²) in [7, 11) is 0. The van der Waals surface area contributed by atoms with E-state index >= 15 is 0 Å². The molecule has 84 valence electrons. The largest absolute Gasteiger partial charge is 0.444 e. The van der Waals surface area contributed by atoms with Crippen LogP contribution in [0, 0.1) is 6.92 Å². The number of halogens is 2. The van der Waals surface area contributed by atoms with Crippen molar-refractivity contribution in [2.75, 3.05) is 5.32 Å². The third-order valence-corrected chi connectivity index (χ3v) is 2.11. The molecule has 0 fully saturated rings. The molecular weight excluding hydrogens is 253 g/mol. The minimum atomic E-state index is 0.0236. The average Bonchev–Trinajstić information content (AvgIpc) is 2.66. The first-order valence-electron chi connectivity index (χ1n) is 4.36. The SMILES string of the molecule is Cc1cnc(CNc2nc(Cl)nnc2Cl)o1. The molecule has 0 bridgehead atoms. The Labute approximate surface area is 101 Å². The Kier molecular flexibility index (Phi) is 3.21. The van der Waals surface area contributed by atoms with Crippen molar-refractivity contribution in [3.63, 3.8) is 0 Å². The Bertz CT molecular complexity index is 501. The molecular formula is C8H7Cl2N5O. The summed E-state index contributed by atoms with van der Waals surface area (Å²) in [5.41, 5.74) is 0. The highest BCUT2D eigenvalue weighted by Crippen LogP contribution is 2.17. The molecule has 8 heteroatoms. The number of aromatic nitrogens is 4. The zero-order valence-corrected chi connectivity index (χ0v) is 9.75. The first kappa shape index (κ1) is 11.1. The van der Waals surface area contributed by atoms with Crippen LogP contribution in [0.4, 0.5) is 5.82 Å². The highest BCUT2D eigenvalue weighted by molar-refractivity contribution is 6.32. The molecule has 0 radical (unpaired) electrons. The first-order valence-corrected chi connectivity index (χ1v) is 5.11. The van der Waals surface area contributed by atoms with Gasteiger partial charge in [0.2, 0.25) is 11.2 Å². The van der Waals surface area contributed by atoms with Gasteiger partial charge in [-0.15, -0.1) is 10.2 Å². The van der Waals surface area contributed by atoms with Gasteiger partial charge in [-0.2, -0.15) is 4.98 Å². The highest BCUT2D eigenvalue weighted by atomic mass is 35.5. The number of rotatable bonds is 3. The van der Waals surface area contributed by atoms with Crippen molar-refractivity contribution < 1.29 is 4.42 Å². The van der Waals surface area contributed by atoms with Crippen LogP contribution in [0.2, 0.25) is 10.4 Å². The van der Waals surface area contributed by atoms with Crippen molar-refractivity contribution in [2.24, 2.45) is 0 Å². The Balaban J connectivity index is 2.07. The Morgan fingerprint density at radius 2 is 2.19 bits per heavy atom. The molecule has 0 unspecified atom stereocenters. The topological polar surface area (TPSA) is 76.7 Å². The molecule has 2 heterocycles. The van der Waals surface area contributed by atoms with Gasteiger partial charge in [0, 0.05) is 0 Å². The quantitative estimate of drug-likeness (QED) is 0.910. The predicted molar refractivity (Wildman–Crippen MR) is 58.4 cm³/mol. The lowest BCUT2D eigenvalue weighted by molar-refractivity contribution is 0.478. The van der Waals surface area contributed by atoms with Crippen LogP contribution in [0.25, 0.3) is 0 Å². The minimum absolute atomic E-state index is 0.0236. The van der Waals surface area contributed by atoms with Gasteiger partial charge < -0.3 is 9.73 Å². The highest BCUT2D eigenvalue weighted by Gasteiger charge is 2.07. The summed E-state index contributed by atoms with van der Waals surface area (Å²) in [6, 6.07) is 0. The van der Waals surface area contributed by atoms with Crippen molar-refractivity contribution in [3.8, 4) is 0 Å². The molecule has 0 saturated carbocycles. The molecule has 0 aliphatic rings. The maximum absolute atomic E-state index is 5.76. The fraction of sp³-hybridized carbons (Fsp3) is 0.250. The van der Waals surface area contributed by atoms with Crippen LogP contribution in [-0.4, -0.2) is 20.2 Å². The van der Waals surface area contributed by atoms with Crippen molar-refractivity contribution in [1.82, 2.24) is 20.2 Å². The zero-order valence-electron chi connectivity index (χ0n) is 8.24. The van der Waals surface area contributed by atoms with E-state index in [1.165, 1.54) is 0 Å². The molecule has 0 aliphatic heterocycles. The van der Waals surface area contributed by atoms with Crippen LogP contribution >= 0.6 is 23.2 Å². The summed E-state index contributed by atoms with van der Waals surface area (Å²) in [6.45, 7) is 2.16. The van der Waals surface area contributed by atoms with E-state index in [0.29, 0.717) is 18.3 Å². The Hall–Kier alpha value is -1.40. The maximum Gasteiger partial charge on any atom is 0.245 e. The van der Waals surface area contributed by atoms with Gasteiger partial charge in [0.15, 0.2) is 11.0 Å². The Morgan fingerprint density at radius 3 is 2.88 bits per heavy atom. The minimum Gasteiger partial charge on any atom is -0.444 e. The average molecular weight is 260 g/mol. The van der Waals surface area contributed by atoms with Gasteiger partial charge in [0.25, 0.3) is 0 Å². The third kappa shape index (κ3) is 2.59. The second kappa shape index (κ2) is 4.63. The van der Waals surface area contributed by atoms with E-state index in [0.717, 1.165) is 5.76 Å². The van der Waals surface area contributed by atoms with Gasteiger partial charge in [0.05, 0.1) is 12.7 Å². The number of aryl methyl sites for hydroxylation is 1. The number of nitrogens with zero attached hydrogens (tertiary/aromatic N) is 4. The number of nitrogens with one attached hydrogen (secondary N) is 1. The lowest BCUT2D eigenvalue weighted by Gasteiger charge is -2.03. The molecule has 6 nitrogen and oxygen atoms in total. The number of anilines is 1.